The van der Waals surface area contributed by atoms with Gasteiger partial charge < -0.3 is 9.47 Å². The van der Waals surface area contributed by atoms with Crippen molar-refractivity contribution in [2.24, 2.45) is 0 Å². The average Bonchev–Trinajstić information content (AvgIpc) is 2.84. The van der Waals surface area contributed by atoms with Crippen molar-refractivity contribution in [1.82, 2.24) is 9.78 Å². The van der Waals surface area contributed by atoms with Gasteiger partial charge in [-0.05, 0) is 12.1 Å². The van der Waals surface area contributed by atoms with E-state index in [-0.39, 0.29) is 12.4 Å². The number of ketones is 1. The van der Waals surface area contributed by atoms with Crippen LogP contribution in [0.25, 0.3) is 5.69 Å². The smallest absolute Gasteiger partial charge is 0.192 e. The zero-order chi connectivity index (χ0) is 13.4. The first kappa shape index (κ1) is 12.2. The van der Waals surface area contributed by atoms with Gasteiger partial charge in [-0.15, -0.1) is 0 Å². The van der Waals surface area contributed by atoms with Crippen molar-refractivity contribution < 1.29 is 14.3 Å². The maximum absolute atomic E-state index is 11.7. The monoisotopic (exact) mass is 278 g/mol. The molecule has 0 aliphatic carbocycles. The van der Waals surface area contributed by atoms with E-state index in [9.17, 15) is 4.79 Å². The second-order valence-corrected chi connectivity index (χ2v) is 4.50. The van der Waals surface area contributed by atoms with E-state index in [2.05, 4.69) is 5.10 Å². The lowest BCUT2D eigenvalue weighted by Gasteiger charge is -2.15. The predicted molar refractivity (Wildman–Crippen MR) is 69.1 cm³/mol. The van der Waals surface area contributed by atoms with Gasteiger partial charge in [0.2, 0.25) is 0 Å². The van der Waals surface area contributed by atoms with E-state index in [0.29, 0.717) is 34.3 Å². The standard InChI is InChI=1S/C13H11ClN2O3/c1-18-12-4-2-3-9(13(12)14)16-10-6-19-7-11(17)8(10)5-15-16/h2-5H,6-7H2,1H3. The summed E-state index contributed by atoms with van der Waals surface area (Å²) in [5.74, 6) is 0.498. The Morgan fingerprint density at radius 2 is 2.26 bits per heavy atom. The van der Waals surface area contributed by atoms with Gasteiger partial charge in [0.15, 0.2) is 5.78 Å². The normalized spacial score (nSPS) is 14.3. The van der Waals surface area contributed by atoms with Crippen molar-refractivity contribution in [3.05, 3.63) is 40.7 Å². The Morgan fingerprint density at radius 3 is 3.05 bits per heavy atom. The van der Waals surface area contributed by atoms with E-state index in [1.165, 1.54) is 0 Å². The molecule has 0 atom stereocenters. The summed E-state index contributed by atoms with van der Waals surface area (Å²) >= 11 is 6.27. The first-order valence-electron chi connectivity index (χ1n) is 5.73. The van der Waals surface area contributed by atoms with Gasteiger partial charge in [-0.3, -0.25) is 4.79 Å². The van der Waals surface area contributed by atoms with Gasteiger partial charge in [-0.1, -0.05) is 17.7 Å². The topological polar surface area (TPSA) is 53.4 Å². The number of carbonyl (C=O) groups is 1. The van der Waals surface area contributed by atoms with Gasteiger partial charge in [-0.2, -0.15) is 5.10 Å². The molecule has 3 rings (SSSR count). The minimum atomic E-state index is -0.0634. The average molecular weight is 279 g/mol. The molecule has 1 aliphatic rings. The molecule has 0 unspecified atom stereocenters. The number of nitrogens with zero attached hydrogens (tertiary/aromatic N) is 2. The number of carbonyl (C=O) groups excluding carboxylic acids is 1. The first-order chi connectivity index (χ1) is 9.22. The maximum Gasteiger partial charge on any atom is 0.192 e. The van der Waals surface area contributed by atoms with Gasteiger partial charge in [0, 0.05) is 0 Å². The molecule has 0 radical (unpaired) electrons. The van der Waals surface area contributed by atoms with Gasteiger partial charge in [0.25, 0.3) is 0 Å². The Balaban J connectivity index is 2.16. The summed E-state index contributed by atoms with van der Waals surface area (Å²) in [7, 11) is 1.55. The maximum atomic E-state index is 11.7. The Labute approximate surface area is 114 Å². The van der Waals surface area contributed by atoms with Crippen LogP contribution in [0, 0.1) is 0 Å². The van der Waals surface area contributed by atoms with E-state index < -0.39 is 0 Å². The zero-order valence-corrected chi connectivity index (χ0v) is 11.0. The van der Waals surface area contributed by atoms with E-state index in [1.54, 1.807) is 24.1 Å². The molecule has 2 aromatic rings. The molecule has 1 aliphatic heterocycles. The fourth-order valence-electron chi connectivity index (χ4n) is 2.09. The lowest BCUT2D eigenvalue weighted by atomic mass is 10.1. The molecule has 2 heterocycles. The lowest BCUT2D eigenvalue weighted by molar-refractivity contribution is 0.0653. The molecule has 0 bridgehead atoms. The van der Waals surface area contributed by atoms with Crippen molar-refractivity contribution in [2.45, 2.75) is 6.61 Å². The quantitative estimate of drug-likeness (QED) is 0.845. The Hall–Kier alpha value is -1.85. The van der Waals surface area contributed by atoms with Crippen LogP contribution in [0.2, 0.25) is 5.02 Å². The zero-order valence-electron chi connectivity index (χ0n) is 10.2. The van der Waals surface area contributed by atoms with Crippen molar-refractivity contribution in [3.63, 3.8) is 0 Å². The van der Waals surface area contributed by atoms with Crippen LogP contribution in [-0.2, 0) is 11.3 Å². The van der Waals surface area contributed by atoms with Gasteiger partial charge >= 0.3 is 0 Å². The van der Waals surface area contributed by atoms with E-state index in [0.717, 1.165) is 0 Å². The van der Waals surface area contributed by atoms with Crippen molar-refractivity contribution >= 4 is 17.4 Å². The molecular weight excluding hydrogens is 268 g/mol. The van der Waals surface area contributed by atoms with Gasteiger partial charge in [0.1, 0.15) is 17.4 Å². The number of halogens is 1. The van der Waals surface area contributed by atoms with Gasteiger partial charge in [-0.25, -0.2) is 4.68 Å². The third-order valence-electron chi connectivity index (χ3n) is 3.03. The summed E-state index contributed by atoms with van der Waals surface area (Å²) in [6.07, 6.45) is 1.55. The highest BCUT2D eigenvalue weighted by atomic mass is 35.5. The summed E-state index contributed by atoms with van der Waals surface area (Å²) in [5, 5.41) is 4.68. The largest absolute Gasteiger partial charge is 0.495 e. The molecule has 0 saturated carbocycles. The molecule has 6 heteroatoms. The number of ether oxygens (including phenoxy) is 2. The van der Waals surface area contributed by atoms with Crippen LogP contribution in [0.1, 0.15) is 16.1 Å². The summed E-state index contributed by atoms with van der Waals surface area (Å²) in [6, 6.07) is 5.40. The molecule has 0 saturated heterocycles. The SMILES string of the molecule is COc1cccc(-n2ncc3c2COCC3=O)c1Cl. The number of rotatable bonds is 2. The highest BCUT2D eigenvalue weighted by Gasteiger charge is 2.24. The first-order valence-corrected chi connectivity index (χ1v) is 6.11. The second kappa shape index (κ2) is 4.68. The number of hydrogen-bond donors (Lipinski definition) is 0. The van der Waals surface area contributed by atoms with Gasteiger partial charge in [0.05, 0.1) is 36.9 Å². The van der Waals surface area contributed by atoms with E-state index >= 15 is 0 Å². The molecule has 0 fully saturated rings. The summed E-state index contributed by atoms with van der Waals surface area (Å²) in [6.45, 7) is 0.444. The predicted octanol–water partition coefficient (Wildman–Crippen LogP) is 2.25. The minimum Gasteiger partial charge on any atom is -0.495 e. The van der Waals surface area contributed by atoms with Crippen LogP contribution in [0.3, 0.4) is 0 Å². The molecular formula is C13H11ClN2O3. The molecule has 0 N–H and O–H groups in total. The Morgan fingerprint density at radius 1 is 1.42 bits per heavy atom. The highest BCUT2D eigenvalue weighted by molar-refractivity contribution is 6.33. The fourth-order valence-corrected chi connectivity index (χ4v) is 2.37. The van der Waals surface area contributed by atoms with Crippen LogP contribution in [0.15, 0.2) is 24.4 Å². The van der Waals surface area contributed by atoms with Crippen LogP contribution < -0.4 is 4.74 Å². The number of benzene rings is 1. The van der Waals surface area contributed by atoms with Crippen LogP contribution in [-0.4, -0.2) is 29.3 Å². The number of fused-ring (bicyclic) bond motifs is 1. The third kappa shape index (κ3) is 1.91. The molecule has 5 nitrogen and oxygen atoms in total. The molecule has 98 valence electrons. The summed E-state index contributed by atoms with van der Waals surface area (Å²) in [5.41, 5.74) is 1.97. The Bertz CT molecular complexity index is 651. The van der Waals surface area contributed by atoms with Crippen molar-refractivity contribution in [1.29, 1.82) is 0 Å². The summed E-state index contributed by atoms with van der Waals surface area (Å²) < 4.78 is 12.0. The number of Topliss-reactive ketones (excluding diaryl/α,β-unsaturated/α-hetero) is 1. The third-order valence-corrected chi connectivity index (χ3v) is 3.41. The molecule has 19 heavy (non-hydrogen) atoms. The molecule has 1 aromatic heterocycles. The second-order valence-electron chi connectivity index (χ2n) is 4.13. The van der Waals surface area contributed by atoms with Crippen molar-refractivity contribution in [2.75, 3.05) is 13.7 Å². The van der Waals surface area contributed by atoms with Crippen molar-refractivity contribution in [3.8, 4) is 11.4 Å². The Kier molecular flexibility index (Phi) is 3.00. The fraction of sp³-hybridized carbons (Fsp3) is 0.231. The summed E-state index contributed by atoms with van der Waals surface area (Å²) in [4.78, 5) is 11.7. The highest BCUT2D eigenvalue weighted by Crippen LogP contribution is 2.32. The number of aromatic nitrogens is 2. The number of hydrogen-bond acceptors (Lipinski definition) is 4. The van der Waals surface area contributed by atoms with E-state index in [1.807, 2.05) is 12.1 Å². The minimum absolute atomic E-state index is 0.0634. The van der Waals surface area contributed by atoms with E-state index in [4.69, 9.17) is 21.1 Å². The van der Waals surface area contributed by atoms with Crippen LogP contribution >= 0.6 is 11.6 Å². The molecule has 1 aromatic carbocycles. The van der Waals surface area contributed by atoms with Crippen LogP contribution in [0.4, 0.5) is 0 Å². The lowest BCUT2D eigenvalue weighted by Crippen LogP contribution is -2.19. The molecule has 0 spiro atoms. The van der Waals surface area contributed by atoms with Crippen LogP contribution in [0.5, 0.6) is 5.75 Å². The number of methoxy groups -OCH3 is 1. The molecule has 0 amide bonds.